The lowest BCUT2D eigenvalue weighted by atomic mass is 9.93. The lowest BCUT2D eigenvalue weighted by Gasteiger charge is -2.13. The lowest BCUT2D eigenvalue weighted by molar-refractivity contribution is 1.07. The monoisotopic (exact) mass is 588 g/mol. The molecule has 8 aromatic rings. The number of benzene rings is 6. The quantitative estimate of drug-likeness (QED) is 0.194. The van der Waals surface area contributed by atoms with Gasteiger partial charge >= 0.3 is 0 Å². The summed E-state index contributed by atoms with van der Waals surface area (Å²) in [5.41, 5.74) is 9.51. The number of fused-ring (bicyclic) bond motifs is 1. The number of pyridine rings is 1. The van der Waals surface area contributed by atoms with Gasteiger partial charge in [-0.3, -0.25) is 4.98 Å². The molecule has 0 fully saturated rings. The van der Waals surface area contributed by atoms with E-state index >= 15 is 0 Å². The van der Waals surface area contributed by atoms with E-state index in [0.717, 1.165) is 50.1 Å². The Morgan fingerprint density at radius 2 is 0.848 bits per heavy atom. The maximum atomic E-state index is 5.05. The Labute approximate surface area is 267 Å². The third-order valence-corrected chi connectivity index (χ3v) is 8.18. The van der Waals surface area contributed by atoms with Gasteiger partial charge in [-0.2, -0.15) is 0 Å². The maximum absolute atomic E-state index is 5.05. The van der Waals surface area contributed by atoms with Crippen molar-refractivity contribution >= 4 is 10.8 Å². The molecule has 0 amide bonds. The van der Waals surface area contributed by atoms with Crippen LogP contribution in [0.15, 0.2) is 170 Å². The third-order valence-electron chi connectivity index (χ3n) is 8.18. The van der Waals surface area contributed by atoms with Crippen molar-refractivity contribution in [1.82, 2.24) is 19.9 Å². The topological polar surface area (TPSA) is 51.6 Å². The number of nitrogens with zero attached hydrogens (tertiary/aromatic N) is 4. The molecule has 46 heavy (non-hydrogen) atoms. The third kappa shape index (κ3) is 5.44. The SMILES string of the molecule is c1ccc(-c2cccc(-c3nc(-c4ccccc4)nc(-c4cccc(-c5cc(-c6cccnc6)c6ccccc6c5)c4)n3)c2)cc1. The van der Waals surface area contributed by atoms with Gasteiger partial charge in [0.2, 0.25) is 0 Å². The number of aromatic nitrogens is 4. The first kappa shape index (κ1) is 27.3. The van der Waals surface area contributed by atoms with Crippen LogP contribution in [0.3, 0.4) is 0 Å². The van der Waals surface area contributed by atoms with Gasteiger partial charge in [0, 0.05) is 34.6 Å². The summed E-state index contributed by atoms with van der Waals surface area (Å²) in [4.78, 5) is 19.4. The Balaban J connectivity index is 1.26. The van der Waals surface area contributed by atoms with E-state index in [4.69, 9.17) is 15.0 Å². The predicted molar refractivity (Wildman–Crippen MR) is 188 cm³/mol. The zero-order valence-electron chi connectivity index (χ0n) is 25.0. The van der Waals surface area contributed by atoms with Crippen molar-refractivity contribution in [3.05, 3.63) is 170 Å². The van der Waals surface area contributed by atoms with Crippen LogP contribution in [0.4, 0.5) is 0 Å². The highest BCUT2D eigenvalue weighted by Gasteiger charge is 2.15. The van der Waals surface area contributed by atoms with Gasteiger partial charge < -0.3 is 0 Å². The van der Waals surface area contributed by atoms with E-state index in [9.17, 15) is 0 Å². The molecule has 0 atom stereocenters. The minimum absolute atomic E-state index is 0.629. The highest BCUT2D eigenvalue weighted by molar-refractivity contribution is 6.00. The highest BCUT2D eigenvalue weighted by Crippen LogP contribution is 2.35. The molecule has 4 nitrogen and oxygen atoms in total. The zero-order valence-corrected chi connectivity index (χ0v) is 25.0. The molecule has 2 heterocycles. The maximum Gasteiger partial charge on any atom is 0.164 e. The van der Waals surface area contributed by atoms with Crippen LogP contribution in [0.25, 0.3) is 78.3 Å². The molecule has 0 bridgehead atoms. The molecular weight excluding hydrogens is 560 g/mol. The van der Waals surface area contributed by atoms with Gasteiger partial charge in [0.15, 0.2) is 17.5 Å². The smallest absolute Gasteiger partial charge is 0.164 e. The lowest BCUT2D eigenvalue weighted by Crippen LogP contribution is -2.00. The molecule has 4 heteroatoms. The molecule has 0 saturated carbocycles. The van der Waals surface area contributed by atoms with Gasteiger partial charge in [-0.15, -0.1) is 0 Å². The number of rotatable bonds is 6. The zero-order chi connectivity index (χ0) is 30.7. The van der Waals surface area contributed by atoms with Crippen molar-refractivity contribution < 1.29 is 0 Å². The predicted octanol–water partition coefficient (Wildman–Crippen LogP) is 10.4. The van der Waals surface area contributed by atoms with Crippen LogP contribution >= 0.6 is 0 Å². The average molecular weight is 589 g/mol. The second kappa shape index (κ2) is 12.0. The van der Waals surface area contributed by atoms with Crippen molar-refractivity contribution in [1.29, 1.82) is 0 Å². The number of hydrogen-bond acceptors (Lipinski definition) is 4. The Bertz CT molecular complexity index is 2300. The molecule has 0 aliphatic rings. The minimum atomic E-state index is 0.629. The first-order chi connectivity index (χ1) is 22.8. The minimum Gasteiger partial charge on any atom is -0.264 e. The van der Waals surface area contributed by atoms with Gasteiger partial charge in [0.05, 0.1) is 0 Å². The normalized spacial score (nSPS) is 11.0. The second-order valence-corrected chi connectivity index (χ2v) is 11.2. The highest BCUT2D eigenvalue weighted by atomic mass is 15.0. The molecule has 216 valence electrons. The van der Waals surface area contributed by atoms with Gasteiger partial charge in [0.1, 0.15) is 0 Å². The van der Waals surface area contributed by atoms with E-state index in [0.29, 0.717) is 17.5 Å². The standard InChI is InChI=1S/C42H28N4/c1-3-12-29(13-4-1)31-17-9-19-34(24-31)41-44-40(30-14-5-2-6-15-30)45-42(46-41)35-20-10-18-32(25-35)37-26-33-16-7-8-22-38(33)39(27-37)36-21-11-23-43-28-36/h1-28H. The second-order valence-electron chi connectivity index (χ2n) is 11.2. The van der Waals surface area contributed by atoms with Crippen LogP contribution in [0.1, 0.15) is 0 Å². The molecule has 0 unspecified atom stereocenters. The molecule has 0 spiro atoms. The van der Waals surface area contributed by atoms with Gasteiger partial charge in [-0.25, -0.2) is 15.0 Å². The molecular formula is C42H28N4. The van der Waals surface area contributed by atoms with Gasteiger partial charge in [-0.05, 0) is 68.9 Å². The molecule has 2 aromatic heterocycles. The molecule has 8 rings (SSSR count). The van der Waals surface area contributed by atoms with Crippen LogP contribution in [0, 0.1) is 0 Å². The van der Waals surface area contributed by atoms with E-state index in [1.54, 1.807) is 0 Å². The Kier molecular flexibility index (Phi) is 7.14. The summed E-state index contributed by atoms with van der Waals surface area (Å²) in [5.74, 6) is 1.90. The summed E-state index contributed by atoms with van der Waals surface area (Å²) in [6.45, 7) is 0. The summed E-state index contributed by atoms with van der Waals surface area (Å²) in [6.07, 6.45) is 3.73. The molecule has 0 aliphatic carbocycles. The van der Waals surface area contributed by atoms with Gasteiger partial charge in [0.25, 0.3) is 0 Å². The molecule has 0 aliphatic heterocycles. The summed E-state index contributed by atoms with van der Waals surface area (Å²) >= 11 is 0. The Hall–Kier alpha value is -6.26. The Morgan fingerprint density at radius 3 is 1.50 bits per heavy atom. The van der Waals surface area contributed by atoms with E-state index in [1.807, 2.05) is 54.9 Å². The van der Waals surface area contributed by atoms with Crippen LogP contribution in [-0.2, 0) is 0 Å². The average Bonchev–Trinajstić information content (AvgIpc) is 3.15. The fraction of sp³-hybridized carbons (Fsp3) is 0. The first-order valence-electron chi connectivity index (χ1n) is 15.3. The molecule has 0 radical (unpaired) electrons. The molecule has 6 aromatic carbocycles. The van der Waals surface area contributed by atoms with Crippen molar-refractivity contribution in [2.24, 2.45) is 0 Å². The van der Waals surface area contributed by atoms with Crippen LogP contribution in [0.5, 0.6) is 0 Å². The van der Waals surface area contributed by atoms with E-state index < -0.39 is 0 Å². The largest absolute Gasteiger partial charge is 0.264 e. The fourth-order valence-corrected chi connectivity index (χ4v) is 5.89. The Morgan fingerprint density at radius 1 is 0.326 bits per heavy atom. The van der Waals surface area contributed by atoms with Crippen LogP contribution in [-0.4, -0.2) is 19.9 Å². The van der Waals surface area contributed by atoms with E-state index in [-0.39, 0.29) is 0 Å². The van der Waals surface area contributed by atoms with Crippen LogP contribution < -0.4 is 0 Å². The van der Waals surface area contributed by atoms with Crippen molar-refractivity contribution in [3.8, 4) is 67.5 Å². The van der Waals surface area contributed by atoms with Crippen molar-refractivity contribution in [2.75, 3.05) is 0 Å². The van der Waals surface area contributed by atoms with E-state index in [2.05, 4.69) is 120 Å². The van der Waals surface area contributed by atoms with Gasteiger partial charge in [-0.1, -0.05) is 127 Å². The number of hydrogen-bond donors (Lipinski definition) is 0. The van der Waals surface area contributed by atoms with Crippen molar-refractivity contribution in [2.45, 2.75) is 0 Å². The van der Waals surface area contributed by atoms with E-state index in [1.165, 1.54) is 10.8 Å². The fourth-order valence-electron chi connectivity index (χ4n) is 5.89. The molecule has 0 N–H and O–H groups in total. The summed E-state index contributed by atoms with van der Waals surface area (Å²) in [5, 5.41) is 2.37. The summed E-state index contributed by atoms with van der Waals surface area (Å²) < 4.78 is 0. The summed E-state index contributed by atoms with van der Waals surface area (Å²) in [6, 6.07) is 54.4. The first-order valence-corrected chi connectivity index (χ1v) is 15.3. The summed E-state index contributed by atoms with van der Waals surface area (Å²) in [7, 11) is 0. The van der Waals surface area contributed by atoms with Crippen LogP contribution in [0.2, 0.25) is 0 Å². The van der Waals surface area contributed by atoms with Crippen molar-refractivity contribution in [3.63, 3.8) is 0 Å². The molecule has 0 saturated heterocycles.